The Bertz CT molecular complexity index is 478. The number of hydrogen-bond donors (Lipinski definition) is 4. The fourth-order valence-corrected chi connectivity index (χ4v) is 0.952. The molecule has 0 fully saturated rings. The minimum atomic E-state index is -1.20. The normalized spacial score (nSPS) is 12.1. The van der Waals surface area contributed by atoms with Gasteiger partial charge in [0.1, 0.15) is 6.04 Å². The number of ether oxygens (including phenoxy) is 1. The second-order valence-electron chi connectivity index (χ2n) is 2.85. The predicted octanol–water partition coefficient (Wildman–Crippen LogP) is -2.03. The van der Waals surface area contributed by atoms with Crippen molar-refractivity contribution in [1.29, 1.82) is 0 Å². The fourth-order valence-electron chi connectivity index (χ4n) is 0.952. The maximum atomic E-state index is 11.2. The van der Waals surface area contributed by atoms with E-state index < -0.39 is 23.3 Å². The molecule has 0 aromatic carbocycles. The lowest BCUT2D eigenvalue weighted by molar-refractivity contribution is -0.139. The Morgan fingerprint density at radius 2 is 2.31 bits per heavy atom. The van der Waals surface area contributed by atoms with E-state index in [1.54, 1.807) is 0 Å². The van der Waals surface area contributed by atoms with E-state index in [2.05, 4.69) is 15.2 Å². The molecule has 0 spiro atoms. The summed E-state index contributed by atoms with van der Waals surface area (Å²) >= 11 is 0. The number of nitrogens with zero attached hydrogens (tertiary/aromatic N) is 1. The number of aromatic amines is 2. The topological polar surface area (TPSA) is 137 Å². The largest absolute Gasteiger partial charge is 0.480 e. The lowest BCUT2D eigenvalue weighted by atomic mass is 10.3. The number of rotatable bonds is 5. The summed E-state index contributed by atoms with van der Waals surface area (Å²) in [5, 5.41) is 16.4. The third kappa shape index (κ3) is 2.92. The summed E-state index contributed by atoms with van der Waals surface area (Å²) in [5.41, 5.74) is -1.57. The van der Waals surface area contributed by atoms with Gasteiger partial charge in [-0.25, -0.2) is 14.7 Å². The molecule has 1 heterocycles. The number of carboxylic acid groups (broad SMARTS) is 1. The van der Waals surface area contributed by atoms with Crippen molar-refractivity contribution in [1.82, 2.24) is 15.2 Å². The summed E-state index contributed by atoms with van der Waals surface area (Å²) in [6, 6.07) is -1.12. The van der Waals surface area contributed by atoms with Crippen LogP contribution in [0.4, 0.5) is 5.82 Å². The second-order valence-corrected chi connectivity index (χ2v) is 2.85. The first-order valence-electron chi connectivity index (χ1n) is 4.22. The van der Waals surface area contributed by atoms with Gasteiger partial charge in [-0.2, -0.15) is 0 Å². The van der Waals surface area contributed by atoms with Crippen molar-refractivity contribution in [2.75, 3.05) is 19.0 Å². The summed E-state index contributed by atoms with van der Waals surface area (Å²) in [6.45, 7) is -0.143. The van der Waals surface area contributed by atoms with Crippen LogP contribution < -0.4 is 16.6 Å². The number of hydrogen-bond acceptors (Lipinski definition) is 6. The quantitative estimate of drug-likeness (QED) is 0.457. The molecule has 1 aromatic rings. The van der Waals surface area contributed by atoms with Crippen molar-refractivity contribution in [2.45, 2.75) is 6.04 Å². The third-order valence-corrected chi connectivity index (χ3v) is 1.65. The van der Waals surface area contributed by atoms with Gasteiger partial charge in [-0.3, -0.25) is 9.78 Å². The van der Waals surface area contributed by atoms with E-state index >= 15 is 0 Å². The first kappa shape index (κ1) is 11.9. The molecule has 0 amide bonds. The van der Waals surface area contributed by atoms with Crippen LogP contribution in [0.2, 0.25) is 0 Å². The molecule has 0 aliphatic rings. The molecular weight excluding hydrogens is 220 g/mol. The van der Waals surface area contributed by atoms with Crippen LogP contribution in [0.3, 0.4) is 0 Å². The average molecular weight is 230 g/mol. The maximum absolute atomic E-state index is 11.2. The smallest absolute Gasteiger partial charge is 0.342 e. The second kappa shape index (κ2) is 5.07. The van der Waals surface area contributed by atoms with Gasteiger partial charge in [-0.15, -0.1) is 5.10 Å². The molecule has 1 unspecified atom stereocenters. The fraction of sp³-hybridized carbons (Fsp3) is 0.429. The van der Waals surface area contributed by atoms with Crippen LogP contribution in [0.5, 0.6) is 0 Å². The Kier molecular flexibility index (Phi) is 3.78. The van der Waals surface area contributed by atoms with Gasteiger partial charge in [0.25, 0.3) is 5.56 Å². The summed E-state index contributed by atoms with van der Waals surface area (Å²) in [7, 11) is 1.32. The summed E-state index contributed by atoms with van der Waals surface area (Å²) in [6.07, 6.45) is 0. The Labute approximate surface area is 88.5 Å². The summed E-state index contributed by atoms with van der Waals surface area (Å²) in [4.78, 5) is 34.4. The number of carboxylic acids is 1. The first-order chi connectivity index (χ1) is 7.54. The Balaban J connectivity index is 2.89. The highest BCUT2D eigenvalue weighted by molar-refractivity contribution is 5.76. The van der Waals surface area contributed by atoms with E-state index in [1.807, 2.05) is 10.1 Å². The molecular formula is C7H10N4O5. The van der Waals surface area contributed by atoms with Crippen LogP contribution in [0.25, 0.3) is 0 Å². The van der Waals surface area contributed by atoms with E-state index in [0.29, 0.717) is 0 Å². The number of carbonyl (C=O) groups is 1. The van der Waals surface area contributed by atoms with Gasteiger partial charge >= 0.3 is 11.7 Å². The number of anilines is 1. The van der Waals surface area contributed by atoms with Gasteiger partial charge in [0, 0.05) is 7.11 Å². The number of aliphatic carboxylic acids is 1. The number of H-pyrrole nitrogens is 2. The predicted molar refractivity (Wildman–Crippen MR) is 52.4 cm³/mol. The highest BCUT2D eigenvalue weighted by Crippen LogP contribution is 1.95. The van der Waals surface area contributed by atoms with Gasteiger partial charge in [0.15, 0.2) is 0 Å². The van der Waals surface area contributed by atoms with Crippen LogP contribution in [0.15, 0.2) is 9.59 Å². The molecule has 1 atom stereocenters. The molecule has 88 valence electrons. The van der Waals surface area contributed by atoms with Crippen molar-refractivity contribution in [3.8, 4) is 0 Å². The van der Waals surface area contributed by atoms with Crippen LogP contribution in [-0.2, 0) is 9.53 Å². The molecule has 0 bridgehead atoms. The molecule has 1 rings (SSSR count). The van der Waals surface area contributed by atoms with Gasteiger partial charge in [-0.05, 0) is 0 Å². The Morgan fingerprint density at radius 3 is 2.81 bits per heavy atom. The lowest BCUT2D eigenvalue weighted by Gasteiger charge is -2.12. The van der Waals surface area contributed by atoms with Crippen LogP contribution in [0, 0.1) is 0 Å². The summed E-state index contributed by atoms with van der Waals surface area (Å²) < 4.78 is 4.65. The zero-order chi connectivity index (χ0) is 12.1. The molecule has 1 aromatic heterocycles. The van der Waals surface area contributed by atoms with Crippen LogP contribution >= 0.6 is 0 Å². The van der Waals surface area contributed by atoms with Gasteiger partial charge in [0.05, 0.1) is 6.61 Å². The highest BCUT2D eigenvalue weighted by atomic mass is 16.5. The third-order valence-electron chi connectivity index (χ3n) is 1.65. The Morgan fingerprint density at radius 1 is 1.62 bits per heavy atom. The van der Waals surface area contributed by atoms with Crippen molar-refractivity contribution >= 4 is 11.8 Å². The van der Waals surface area contributed by atoms with E-state index in [9.17, 15) is 14.4 Å². The van der Waals surface area contributed by atoms with E-state index in [1.165, 1.54) is 7.11 Å². The number of aromatic nitrogens is 3. The minimum absolute atomic E-state index is 0.143. The summed E-state index contributed by atoms with van der Waals surface area (Å²) in [5.74, 6) is -1.49. The minimum Gasteiger partial charge on any atom is -0.480 e. The van der Waals surface area contributed by atoms with Crippen molar-refractivity contribution < 1.29 is 14.6 Å². The molecule has 9 nitrogen and oxygen atoms in total. The molecule has 0 aliphatic heterocycles. The van der Waals surface area contributed by atoms with Crippen molar-refractivity contribution in [3.63, 3.8) is 0 Å². The Hall–Kier alpha value is -2.16. The van der Waals surface area contributed by atoms with Gasteiger partial charge < -0.3 is 15.2 Å². The maximum Gasteiger partial charge on any atom is 0.342 e. The van der Waals surface area contributed by atoms with Gasteiger partial charge in [0.2, 0.25) is 5.82 Å². The molecule has 0 saturated heterocycles. The highest BCUT2D eigenvalue weighted by Gasteiger charge is 2.18. The molecule has 0 radical (unpaired) electrons. The molecule has 9 heteroatoms. The molecule has 4 N–H and O–H groups in total. The standard InChI is InChI=1S/C7H10N4O5/c1-16-2-3(6(13)14)8-4-5(12)9-7(15)11-10-4/h3H,2H2,1H3,(H,8,10)(H,13,14)(H2,9,11,12,15). The zero-order valence-corrected chi connectivity index (χ0v) is 8.31. The van der Waals surface area contributed by atoms with Crippen molar-refractivity contribution in [3.05, 3.63) is 20.8 Å². The zero-order valence-electron chi connectivity index (χ0n) is 8.31. The lowest BCUT2D eigenvalue weighted by Crippen LogP contribution is -2.37. The molecule has 0 aliphatic carbocycles. The molecule has 16 heavy (non-hydrogen) atoms. The van der Waals surface area contributed by atoms with Gasteiger partial charge in [-0.1, -0.05) is 0 Å². The first-order valence-corrected chi connectivity index (χ1v) is 4.22. The average Bonchev–Trinajstić information content (AvgIpc) is 2.20. The number of nitrogens with one attached hydrogen (secondary N) is 3. The van der Waals surface area contributed by atoms with Crippen LogP contribution in [0.1, 0.15) is 0 Å². The van der Waals surface area contributed by atoms with Crippen molar-refractivity contribution in [2.24, 2.45) is 0 Å². The monoisotopic (exact) mass is 230 g/mol. The van der Waals surface area contributed by atoms with Crippen LogP contribution in [-0.4, -0.2) is 46.0 Å². The van der Waals surface area contributed by atoms with E-state index in [4.69, 9.17) is 5.11 Å². The number of methoxy groups -OCH3 is 1. The SMILES string of the molecule is COCC(Nc1n[nH]c(=O)[nH]c1=O)C(=O)O. The molecule has 0 saturated carbocycles. The van der Waals surface area contributed by atoms with E-state index in [-0.39, 0.29) is 12.4 Å². The van der Waals surface area contributed by atoms with E-state index in [0.717, 1.165) is 0 Å².